The summed E-state index contributed by atoms with van der Waals surface area (Å²) in [5.41, 5.74) is 2.90. The van der Waals surface area contributed by atoms with Crippen LogP contribution >= 0.6 is 11.6 Å². The van der Waals surface area contributed by atoms with Gasteiger partial charge in [-0.15, -0.1) is 0 Å². The first-order valence-corrected chi connectivity index (χ1v) is 8.36. The van der Waals surface area contributed by atoms with Gasteiger partial charge in [0.2, 0.25) is 0 Å². The predicted octanol–water partition coefficient (Wildman–Crippen LogP) is 4.06. The van der Waals surface area contributed by atoms with Crippen LogP contribution in [0.1, 0.15) is 28.8 Å². The molecule has 0 atom stereocenters. The SMILES string of the molecule is Cc1cncc(Cl)c1NC(=O)c1cn(CC2CC2)c2ncccc12. The van der Waals surface area contributed by atoms with Gasteiger partial charge in [0.05, 0.1) is 16.3 Å². The molecule has 6 heteroatoms. The van der Waals surface area contributed by atoms with Crippen molar-refractivity contribution in [2.75, 3.05) is 5.32 Å². The molecule has 1 saturated carbocycles. The summed E-state index contributed by atoms with van der Waals surface area (Å²) in [5.74, 6) is 0.522. The van der Waals surface area contributed by atoms with Gasteiger partial charge in [-0.05, 0) is 43.4 Å². The Balaban J connectivity index is 1.71. The standard InChI is InChI=1S/C18H17ClN4O/c1-11-7-20-8-15(19)16(11)22-18(24)14-10-23(9-12-4-5-12)17-13(14)3-2-6-21-17/h2-3,6-8,10,12H,4-5,9H2,1H3,(H,20,22,24). The summed E-state index contributed by atoms with van der Waals surface area (Å²) in [7, 11) is 0. The van der Waals surface area contributed by atoms with Crippen LogP contribution in [0.25, 0.3) is 11.0 Å². The highest BCUT2D eigenvalue weighted by atomic mass is 35.5. The molecule has 4 rings (SSSR count). The van der Waals surface area contributed by atoms with Gasteiger partial charge in [0.1, 0.15) is 5.65 Å². The summed E-state index contributed by atoms with van der Waals surface area (Å²) in [6.45, 7) is 2.78. The molecule has 5 nitrogen and oxygen atoms in total. The number of hydrogen-bond acceptors (Lipinski definition) is 3. The fourth-order valence-corrected chi connectivity index (χ4v) is 3.15. The molecule has 0 bridgehead atoms. The highest BCUT2D eigenvalue weighted by Crippen LogP contribution is 2.33. The number of amides is 1. The number of carbonyl (C=O) groups is 1. The number of fused-ring (bicyclic) bond motifs is 1. The minimum Gasteiger partial charge on any atom is -0.331 e. The van der Waals surface area contributed by atoms with Crippen LogP contribution in [0.5, 0.6) is 0 Å². The van der Waals surface area contributed by atoms with E-state index in [-0.39, 0.29) is 5.91 Å². The first-order valence-electron chi connectivity index (χ1n) is 7.99. The van der Waals surface area contributed by atoms with Gasteiger partial charge in [0.25, 0.3) is 5.91 Å². The average molecular weight is 341 g/mol. The number of rotatable bonds is 4. The summed E-state index contributed by atoms with van der Waals surface area (Å²) in [6, 6.07) is 3.78. The summed E-state index contributed by atoms with van der Waals surface area (Å²) >= 11 is 6.17. The molecule has 0 aromatic carbocycles. The average Bonchev–Trinajstić information content (AvgIpc) is 3.31. The number of hydrogen-bond donors (Lipinski definition) is 1. The molecule has 1 amide bonds. The largest absolute Gasteiger partial charge is 0.331 e. The predicted molar refractivity (Wildman–Crippen MR) is 94.4 cm³/mol. The topological polar surface area (TPSA) is 59.8 Å². The summed E-state index contributed by atoms with van der Waals surface area (Å²) < 4.78 is 2.09. The third kappa shape index (κ3) is 2.76. The van der Waals surface area contributed by atoms with E-state index in [1.165, 1.54) is 19.0 Å². The molecule has 0 spiro atoms. The van der Waals surface area contributed by atoms with Gasteiger partial charge in [0, 0.05) is 36.7 Å². The Morgan fingerprint density at radius 1 is 1.42 bits per heavy atom. The second-order valence-corrected chi connectivity index (χ2v) is 6.69. The van der Waals surface area contributed by atoms with Crippen molar-refractivity contribution in [2.45, 2.75) is 26.3 Å². The molecule has 3 heterocycles. The van der Waals surface area contributed by atoms with E-state index in [2.05, 4.69) is 19.9 Å². The van der Waals surface area contributed by atoms with Crippen molar-refractivity contribution < 1.29 is 4.79 Å². The monoisotopic (exact) mass is 340 g/mol. The minimum absolute atomic E-state index is 0.182. The Labute approximate surface area is 144 Å². The Kier molecular flexibility index (Phi) is 3.73. The maximum atomic E-state index is 12.8. The molecular formula is C18H17ClN4O. The lowest BCUT2D eigenvalue weighted by atomic mass is 10.2. The van der Waals surface area contributed by atoms with Gasteiger partial charge in [-0.1, -0.05) is 11.6 Å². The fraction of sp³-hybridized carbons (Fsp3) is 0.278. The highest BCUT2D eigenvalue weighted by molar-refractivity contribution is 6.34. The lowest BCUT2D eigenvalue weighted by molar-refractivity contribution is 0.102. The summed E-state index contributed by atoms with van der Waals surface area (Å²) in [5, 5.41) is 4.21. The van der Waals surface area contributed by atoms with Gasteiger partial charge in [-0.3, -0.25) is 9.78 Å². The fourth-order valence-electron chi connectivity index (χ4n) is 2.89. The van der Waals surface area contributed by atoms with Crippen molar-refractivity contribution in [1.82, 2.24) is 14.5 Å². The van der Waals surface area contributed by atoms with Crippen LogP contribution < -0.4 is 5.32 Å². The van der Waals surface area contributed by atoms with Crippen LogP contribution in [-0.2, 0) is 6.54 Å². The molecule has 0 saturated heterocycles. The molecule has 1 aliphatic carbocycles. The van der Waals surface area contributed by atoms with Crippen molar-refractivity contribution >= 4 is 34.2 Å². The zero-order valence-corrected chi connectivity index (χ0v) is 14.0. The number of pyridine rings is 2. The van der Waals surface area contributed by atoms with Crippen LogP contribution in [0.4, 0.5) is 5.69 Å². The quantitative estimate of drug-likeness (QED) is 0.779. The van der Waals surface area contributed by atoms with Gasteiger partial charge < -0.3 is 9.88 Å². The molecule has 1 fully saturated rings. The van der Waals surface area contributed by atoms with Crippen molar-refractivity contribution in [2.24, 2.45) is 5.92 Å². The number of nitrogens with zero attached hydrogens (tertiary/aromatic N) is 3. The van der Waals surface area contributed by atoms with Crippen LogP contribution in [-0.4, -0.2) is 20.4 Å². The summed E-state index contributed by atoms with van der Waals surface area (Å²) in [4.78, 5) is 21.3. The first kappa shape index (κ1) is 15.1. The molecule has 0 radical (unpaired) electrons. The van der Waals surface area contributed by atoms with Crippen LogP contribution in [0.2, 0.25) is 5.02 Å². The van der Waals surface area contributed by atoms with E-state index in [1.807, 2.05) is 25.3 Å². The third-order valence-corrected chi connectivity index (χ3v) is 4.64. The van der Waals surface area contributed by atoms with Crippen molar-refractivity contribution in [3.05, 3.63) is 53.1 Å². The normalized spacial score (nSPS) is 14.1. The van der Waals surface area contributed by atoms with E-state index in [0.717, 1.165) is 23.1 Å². The van der Waals surface area contributed by atoms with Crippen molar-refractivity contribution in [1.29, 1.82) is 0 Å². The molecule has 1 aliphatic rings. The van der Waals surface area contributed by atoms with E-state index in [9.17, 15) is 4.79 Å². The van der Waals surface area contributed by atoms with Crippen LogP contribution in [0, 0.1) is 12.8 Å². The molecule has 3 aromatic heterocycles. The van der Waals surface area contributed by atoms with Crippen LogP contribution in [0.15, 0.2) is 36.9 Å². The molecule has 3 aromatic rings. The molecular weight excluding hydrogens is 324 g/mol. The van der Waals surface area contributed by atoms with Gasteiger partial charge in [0.15, 0.2) is 0 Å². The third-order valence-electron chi connectivity index (χ3n) is 4.36. The van der Waals surface area contributed by atoms with E-state index in [1.54, 1.807) is 12.4 Å². The molecule has 24 heavy (non-hydrogen) atoms. The Morgan fingerprint density at radius 2 is 2.25 bits per heavy atom. The lowest BCUT2D eigenvalue weighted by Crippen LogP contribution is -2.13. The Hall–Kier alpha value is -2.40. The van der Waals surface area contributed by atoms with E-state index < -0.39 is 0 Å². The van der Waals surface area contributed by atoms with Crippen LogP contribution in [0.3, 0.4) is 0 Å². The maximum Gasteiger partial charge on any atom is 0.257 e. The molecule has 0 unspecified atom stereocenters. The van der Waals surface area contributed by atoms with E-state index in [0.29, 0.717) is 22.2 Å². The second kappa shape index (κ2) is 5.91. The zero-order valence-electron chi connectivity index (χ0n) is 13.3. The number of carbonyl (C=O) groups excluding carboxylic acids is 1. The zero-order chi connectivity index (χ0) is 16.7. The molecule has 1 N–H and O–H groups in total. The Morgan fingerprint density at radius 3 is 3.00 bits per heavy atom. The highest BCUT2D eigenvalue weighted by Gasteiger charge is 2.24. The van der Waals surface area contributed by atoms with Gasteiger partial charge >= 0.3 is 0 Å². The molecule has 122 valence electrons. The van der Waals surface area contributed by atoms with E-state index >= 15 is 0 Å². The second-order valence-electron chi connectivity index (χ2n) is 6.28. The van der Waals surface area contributed by atoms with E-state index in [4.69, 9.17) is 11.6 Å². The Bertz CT molecular complexity index is 910. The van der Waals surface area contributed by atoms with Gasteiger partial charge in [-0.25, -0.2) is 4.98 Å². The number of halogens is 1. The first-order chi connectivity index (χ1) is 11.6. The molecule has 0 aliphatic heterocycles. The smallest absolute Gasteiger partial charge is 0.257 e. The lowest BCUT2D eigenvalue weighted by Gasteiger charge is -2.09. The minimum atomic E-state index is -0.182. The number of anilines is 1. The number of nitrogens with one attached hydrogen (secondary N) is 1. The van der Waals surface area contributed by atoms with Crippen molar-refractivity contribution in [3.63, 3.8) is 0 Å². The van der Waals surface area contributed by atoms with Gasteiger partial charge in [-0.2, -0.15) is 0 Å². The van der Waals surface area contributed by atoms with Crippen molar-refractivity contribution in [3.8, 4) is 0 Å². The number of aromatic nitrogens is 3. The maximum absolute atomic E-state index is 12.8. The number of aryl methyl sites for hydroxylation is 1. The summed E-state index contributed by atoms with van der Waals surface area (Å²) in [6.07, 6.45) is 9.37.